The highest BCUT2D eigenvalue weighted by Gasteiger charge is 2.23. The van der Waals surface area contributed by atoms with Crippen molar-refractivity contribution in [3.05, 3.63) is 12.7 Å². The largest absolute Gasteiger partial charge is 0.462 e. The molecule has 0 N–H and O–H groups in total. The summed E-state index contributed by atoms with van der Waals surface area (Å²) < 4.78 is 10.3. The van der Waals surface area contributed by atoms with Crippen molar-refractivity contribution in [3.8, 4) is 0 Å². The molecule has 106 valence electrons. The van der Waals surface area contributed by atoms with Crippen LogP contribution in [0.3, 0.4) is 0 Å². The van der Waals surface area contributed by atoms with Crippen LogP contribution >= 0.6 is 0 Å². The SMILES string of the molecule is C=CC(=O)OCC(C)(C)CCCC(C)(C)COC. The van der Waals surface area contributed by atoms with E-state index in [4.69, 9.17) is 9.47 Å². The second-order valence-corrected chi connectivity index (χ2v) is 6.43. The first-order valence-electron chi connectivity index (χ1n) is 6.50. The van der Waals surface area contributed by atoms with Crippen molar-refractivity contribution in [2.45, 2.75) is 47.0 Å². The lowest BCUT2D eigenvalue weighted by molar-refractivity contribution is -0.140. The van der Waals surface area contributed by atoms with Gasteiger partial charge in [0.2, 0.25) is 0 Å². The van der Waals surface area contributed by atoms with Gasteiger partial charge in [-0.25, -0.2) is 4.79 Å². The van der Waals surface area contributed by atoms with E-state index in [1.807, 2.05) is 0 Å². The molecule has 0 radical (unpaired) electrons. The van der Waals surface area contributed by atoms with Gasteiger partial charge in [0.05, 0.1) is 13.2 Å². The fraction of sp³-hybridized carbons (Fsp3) is 0.800. The predicted octanol–water partition coefficient (Wildman–Crippen LogP) is 3.58. The molecule has 0 amide bonds. The molecule has 0 aliphatic carbocycles. The average Bonchev–Trinajstić information content (AvgIpc) is 2.25. The van der Waals surface area contributed by atoms with Gasteiger partial charge in [-0.3, -0.25) is 0 Å². The van der Waals surface area contributed by atoms with Crippen molar-refractivity contribution in [2.24, 2.45) is 10.8 Å². The van der Waals surface area contributed by atoms with E-state index in [9.17, 15) is 4.79 Å². The molecule has 0 rings (SSSR count). The Kier molecular flexibility index (Phi) is 7.22. The number of carbonyl (C=O) groups is 1. The third-order valence-electron chi connectivity index (χ3n) is 3.01. The number of esters is 1. The Bertz CT molecular complexity index is 267. The molecular weight excluding hydrogens is 228 g/mol. The van der Waals surface area contributed by atoms with Crippen molar-refractivity contribution >= 4 is 5.97 Å². The van der Waals surface area contributed by atoms with Crippen LogP contribution in [0.5, 0.6) is 0 Å². The van der Waals surface area contributed by atoms with E-state index in [0.717, 1.165) is 25.9 Å². The summed E-state index contributed by atoms with van der Waals surface area (Å²) in [7, 11) is 1.74. The van der Waals surface area contributed by atoms with Gasteiger partial charge in [0.25, 0.3) is 0 Å². The summed E-state index contributed by atoms with van der Waals surface area (Å²) in [5.41, 5.74) is 0.227. The monoisotopic (exact) mass is 256 g/mol. The topological polar surface area (TPSA) is 35.5 Å². The van der Waals surface area contributed by atoms with Crippen LogP contribution < -0.4 is 0 Å². The molecule has 0 aliphatic rings. The zero-order valence-corrected chi connectivity index (χ0v) is 12.5. The molecule has 0 bridgehead atoms. The lowest BCUT2D eigenvalue weighted by atomic mass is 9.82. The van der Waals surface area contributed by atoms with Crippen molar-refractivity contribution < 1.29 is 14.3 Å². The van der Waals surface area contributed by atoms with E-state index in [1.165, 1.54) is 6.08 Å². The standard InChI is InChI=1S/C15H28O3/c1-7-13(16)18-12-15(4,5)10-8-9-14(2,3)11-17-6/h7H,1,8-12H2,2-6H3. The Morgan fingerprint density at radius 3 is 2.06 bits per heavy atom. The van der Waals surface area contributed by atoms with Crippen LogP contribution in [0.2, 0.25) is 0 Å². The quantitative estimate of drug-likeness (QED) is 0.467. The summed E-state index contributed by atoms with van der Waals surface area (Å²) in [5.74, 6) is -0.345. The lowest BCUT2D eigenvalue weighted by Crippen LogP contribution is -2.23. The molecule has 3 nitrogen and oxygen atoms in total. The third kappa shape index (κ3) is 8.29. The third-order valence-corrected chi connectivity index (χ3v) is 3.01. The van der Waals surface area contributed by atoms with E-state index >= 15 is 0 Å². The van der Waals surface area contributed by atoms with E-state index in [0.29, 0.717) is 6.61 Å². The Balaban J connectivity index is 3.96. The van der Waals surface area contributed by atoms with E-state index in [1.54, 1.807) is 7.11 Å². The van der Waals surface area contributed by atoms with E-state index < -0.39 is 0 Å². The van der Waals surface area contributed by atoms with Crippen LogP contribution in [0.25, 0.3) is 0 Å². The van der Waals surface area contributed by atoms with Crippen molar-refractivity contribution in [3.63, 3.8) is 0 Å². The van der Waals surface area contributed by atoms with Gasteiger partial charge in [-0.15, -0.1) is 0 Å². The second-order valence-electron chi connectivity index (χ2n) is 6.43. The average molecular weight is 256 g/mol. The van der Waals surface area contributed by atoms with Gasteiger partial charge in [0, 0.05) is 13.2 Å². The minimum atomic E-state index is -0.345. The molecule has 0 spiro atoms. The molecule has 18 heavy (non-hydrogen) atoms. The van der Waals surface area contributed by atoms with Gasteiger partial charge in [-0.05, 0) is 23.7 Å². The fourth-order valence-electron chi connectivity index (χ4n) is 1.91. The minimum Gasteiger partial charge on any atom is -0.462 e. The predicted molar refractivity (Wildman–Crippen MR) is 74.4 cm³/mol. The molecular formula is C15H28O3. The van der Waals surface area contributed by atoms with Gasteiger partial charge in [0.15, 0.2) is 0 Å². The van der Waals surface area contributed by atoms with Gasteiger partial charge in [-0.1, -0.05) is 40.7 Å². The Morgan fingerprint density at radius 2 is 1.61 bits per heavy atom. The number of hydrogen-bond acceptors (Lipinski definition) is 3. The molecule has 0 fully saturated rings. The van der Waals surface area contributed by atoms with Gasteiger partial charge < -0.3 is 9.47 Å². The molecule has 0 aromatic rings. The maximum absolute atomic E-state index is 11.0. The molecule has 0 aromatic heterocycles. The number of carbonyl (C=O) groups excluding carboxylic acids is 1. The normalized spacial score (nSPS) is 12.3. The zero-order valence-electron chi connectivity index (χ0n) is 12.5. The number of rotatable bonds is 9. The molecule has 0 saturated carbocycles. The first kappa shape index (κ1) is 17.2. The highest BCUT2D eigenvalue weighted by Crippen LogP contribution is 2.29. The molecule has 0 atom stereocenters. The van der Waals surface area contributed by atoms with Gasteiger partial charge in [-0.2, -0.15) is 0 Å². The van der Waals surface area contributed by atoms with Crippen molar-refractivity contribution in [2.75, 3.05) is 20.3 Å². The minimum absolute atomic E-state index is 0.0157. The molecule has 0 heterocycles. The highest BCUT2D eigenvalue weighted by atomic mass is 16.5. The maximum Gasteiger partial charge on any atom is 0.330 e. The Labute approximate surface area is 112 Å². The molecule has 3 heteroatoms. The molecule has 0 aliphatic heterocycles. The lowest BCUT2D eigenvalue weighted by Gasteiger charge is -2.28. The van der Waals surface area contributed by atoms with Gasteiger partial charge >= 0.3 is 5.97 Å². The van der Waals surface area contributed by atoms with Crippen LogP contribution in [-0.2, 0) is 14.3 Å². The van der Waals surface area contributed by atoms with Crippen LogP contribution in [0.4, 0.5) is 0 Å². The van der Waals surface area contributed by atoms with Crippen molar-refractivity contribution in [1.82, 2.24) is 0 Å². The number of methoxy groups -OCH3 is 1. The second kappa shape index (κ2) is 7.57. The summed E-state index contributed by atoms with van der Waals surface area (Å²) in [5, 5.41) is 0. The molecule has 0 saturated heterocycles. The van der Waals surface area contributed by atoms with Crippen molar-refractivity contribution in [1.29, 1.82) is 0 Å². The molecule has 0 aromatic carbocycles. The van der Waals surface area contributed by atoms with Crippen LogP contribution in [0, 0.1) is 10.8 Å². The first-order valence-corrected chi connectivity index (χ1v) is 6.50. The van der Waals surface area contributed by atoms with Crippen LogP contribution in [0.1, 0.15) is 47.0 Å². The Hall–Kier alpha value is -0.830. The summed E-state index contributed by atoms with van der Waals surface area (Å²) in [4.78, 5) is 11.0. The number of hydrogen-bond donors (Lipinski definition) is 0. The first-order chi connectivity index (χ1) is 8.22. The fourth-order valence-corrected chi connectivity index (χ4v) is 1.91. The van der Waals surface area contributed by atoms with Crippen LogP contribution in [-0.4, -0.2) is 26.3 Å². The number of ether oxygens (including phenoxy) is 2. The summed E-state index contributed by atoms with van der Waals surface area (Å²) in [6.07, 6.45) is 4.46. The summed E-state index contributed by atoms with van der Waals surface area (Å²) in [6.45, 7) is 13.3. The zero-order chi connectivity index (χ0) is 14.2. The maximum atomic E-state index is 11.0. The van der Waals surface area contributed by atoms with E-state index in [2.05, 4.69) is 34.3 Å². The Morgan fingerprint density at radius 1 is 1.11 bits per heavy atom. The van der Waals surface area contributed by atoms with Crippen LogP contribution in [0.15, 0.2) is 12.7 Å². The molecule has 0 unspecified atom stereocenters. The smallest absolute Gasteiger partial charge is 0.330 e. The summed E-state index contributed by atoms with van der Waals surface area (Å²) in [6, 6.07) is 0. The summed E-state index contributed by atoms with van der Waals surface area (Å²) >= 11 is 0. The van der Waals surface area contributed by atoms with E-state index in [-0.39, 0.29) is 16.8 Å². The van der Waals surface area contributed by atoms with Gasteiger partial charge in [0.1, 0.15) is 0 Å². The highest BCUT2D eigenvalue weighted by molar-refractivity contribution is 5.81.